The maximum Gasteiger partial charge on any atom is 0.118 e. The van der Waals surface area contributed by atoms with Crippen LogP contribution in [-0.2, 0) is 11.3 Å². The van der Waals surface area contributed by atoms with Crippen LogP contribution in [0.25, 0.3) is 0 Å². The summed E-state index contributed by atoms with van der Waals surface area (Å²) in [5.74, 6) is 0.868. The summed E-state index contributed by atoms with van der Waals surface area (Å²) in [5.41, 5.74) is 1.14. The molecule has 0 radical (unpaired) electrons. The zero-order valence-electron chi connectivity index (χ0n) is 9.82. The zero-order chi connectivity index (χ0) is 11.5. The molecule has 2 heteroatoms. The third-order valence-corrected chi connectivity index (χ3v) is 1.66. The molecule has 84 valence electrons. The highest BCUT2D eigenvalue weighted by atomic mass is 16.5. The molecule has 0 aliphatic rings. The fourth-order valence-electron chi connectivity index (χ4n) is 0.982. The summed E-state index contributed by atoms with van der Waals surface area (Å²) in [6, 6.07) is 7.82. The van der Waals surface area contributed by atoms with E-state index in [-0.39, 0.29) is 0 Å². The molecule has 1 aromatic carbocycles. The lowest BCUT2D eigenvalue weighted by Crippen LogP contribution is -1.92. The van der Waals surface area contributed by atoms with Crippen molar-refractivity contribution in [1.82, 2.24) is 0 Å². The molecule has 2 nitrogen and oxygen atoms in total. The number of hydrogen-bond donors (Lipinski definition) is 0. The Morgan fingerprint density at radius 2 is 1.80 bits per heavy atom. The third kappa shape index (κ3) is 5.92. The van der Waals surface area contributed by atoms with Crippen LogP contribution in [0.1, 0.15) is 19.4 Å². The van der Waals surface area contributed by atoms with E-state index in [0.29, 0.717) is 13.2 Å². The van der Waals surface area contributed by atoms with Crippen LogP contribution in [0.15, 0.2) is 36.9 Å². The van der Waals surface area contributed by atoms with Crippen LogP contribution >= 0.6 is 0 Å². The van der Waals surface area contributed by atoms with Gasteiger partial charge in [-0.15, -0.1) is 6.58 Å². The van der Waals surface area contributed by atoms with Gasteiger partial charge in [-0.2, -0.15) is 0 Å². The van der Waals surface area contributed by atoms with Gasteiger partial charge in [-0.3, -0.25) is 0 Å². The van der Waals surface area contributed by atoms with Crippen molar-refractivity contribution < 1.29 is 9.47 Å². The van der Waals surface area contributed by atoms with Gasteiger partial charge in [0.25, 0.3) is 0 Å². The second-order valence-electron chi connectivity index (χ2n) is 2.65. The van der Waals surface area contributed by atoms with Crippen molar-refractivity contribution in [3.8, 4) is 5.75 Å². The Kier molecular flexibility index (Phi) is 8.49. The van der Waals surface area contributed by atoms with Crippen molar-refractivity contribution in [3.05, 3.63) is 42.5 Å². The monoisotopic (exact) mass is 208 g/mol. The molecule has 0 spiro atoms. The zero-order valence-corrected chi connectivity index (χ0v) is 9.82. The second kappa shape index (κ2) is 9.28. The van der Waals surface area contributed by atoms with Crippen LogP contribution in [0.5, 0.6) is 5.75 Å². The van der Waals surface area contributed by atoms with Gasteiger partial charge in [0, 0.05) is 0 Å². The summed E-state index contributed by atoms with van der Waals surface area (Å²) < 4.78 is 10.3. The molecule has 0 aromatic heterocycles. The Labute approximate surface area is 92.5 Å². The highest BCUT2D eigenvalue weighted by Crippen LogP contribution is 2.11. The van der Waals surface area contributed by atoms with Gasteiger partial charge in [-0.25, -0.2) is 0 Å². The van der Waals surface area contributed by atoms with Gasteiger partial charge in [-0.1, -0.05) is 32.1 Å². The summed E-state index contributed by atoms with van der Waals surface area (Å²) in [7, 11) is 1.66. The third-order valence-electron chi connectivity index (χ3n) is 1.66. The van der Waals surface area contributed by atoms with Crippen molar-refractivity contribution in [2.24, 2.45) is 0 Å². The van der Waals surface area contributed by atoms with Crippen molar-refractivity contribution in [2.45, 2.75) is 20.5 Å². The fraction of sp³-hybridized carbons (Fsp3) is 0.385. The van der Waals surface area contributed by atoms with Crippen molar-refractivity contribution in [3.63, 3.8) is 0 Å². The van der Waals surface area contributed by atoms with Gasteiger partial charge in [0.2, 0.25) is 0 Å². The number of rotatable bonds is 5. The summed E-state index contributed by atoms with van der Waals surface area (Å²) >= 11 is 0. The quantitative estimate of drug-likeness (QED) is 0.545. The van der Waals surface area contributed by atoms with E-state index >= 15 is 0 Å². The van der Waals surface area contributed by atoms with E-state index in [1.807, 2.05) is 38.1 Å². The van der Waals surface area contributed by atoms with Crippen LogP contribution in [0.3, 0.4) is 0 Å². The molecule has 0 bridgehead atoms. The van der Waals surface area contributed by atoms with Gasteiger partial charge in [0.15, 0.2) is 0 Å². The molecular weight excluding hydrogens is 188 g/mol. The average Bonchev–Trinajstić information content (AvgIpc) is 2.33. The van der Waals surface area contributed by atoms with Gasteiger partial charge < -0.3 is 9.47 Å². The van der Waals surface area contributed by atoms with Crippen LogP contribution in [0, 0.1) is 0 Å². The highest BCUT2D eigenvalue weighted by Gasteiger charge is 1.93. The van der Waals surface area contributed by atoms with E-state index < -0.39 is 0 Å². The minimum atomic E-state index is 0.589. The summed E-state index contributed by atoms with van der Waals surface area (Å²) in [6.07, 6.45) is 1.74. The lowest BCUT2D eigenvalue weighted by atomic mass is 10.2. The minimum Gasteiger partial charge on any atom is -0.497 e. The van der Waals surface area contributed by atoms with E-state index in [1.165, 1.54) is 0 Å². The van der Waals surface area contributed by atoms with Crippen molar-refractivity contribution >= 4 is 0 Å². The Bertz CT molecular complexity index is 252. The molecule has 0 saturated carbocycles. The molecule has 0 aliphatic carbocycles. The van der Waals surface area contributed by atoms with Gasteiger partial charge >= 0.3 is 0 Å². The Hall–Kier alpha value is -1.28. The highest BCUT2D eigenvalue weighted by molar-refractivity contribution is 5.26. The first-order valence-corrected chi connectivity index (χ1v) is 5.18. The van der Waals surface area contributed by atoms with E-state index in [2.05, 4.69) is 6.58 Å². The summed E-state index contributed by atoms with van der Waals surface area (Å²) in [4.78, 5) is 0. The minimum absolute atomic E-state index is 0.589. The van der Waals surface area contributed by atoms with Crippen molar-refractivity contribution in [2.75, 3.05) is 13.7 Å². The molecular formula is C13H20O2. The van der Waals surface area contributed by atoms with Gasteiger partial charge in [0.1, 0.15) is 5.75 Å². The maximum absolute atomic E-state index is 5.28. The first kappa shape index (κ1) is 13.7. The molecule has 0 saturated heterocycles. The predicted molar refractivity (Wildman–Crippen MR) is 64.2 cm³/mol. The Balaban J connectivity index is 0.000000921. The molecule has 15 heavy (non-hydrogen) atoms. The molecule has 0 fully saturated rings. The van der Waals surface area contributed by atoms with Gasteiger partial charge in [-0.05, 0) is 17.7 Å². The van der Waals surface area contributed by atoms with Crippen molar-refractivity contribution in [1.29, 1.82) is 0 Å². The first-order chi connectivity index (χ1) is 7.36. The van der Waals surface area contributed by atoms with E-state index in [1.54, 1.807) is 13.2 Å². The van der Waals surface area contributed by atoms with E-state index in [4.69, 9.17) is 9.47 Å². The molecule has 0 heterocycles. The molecule has 0 unspecified atom stereocenters. The van der Waals surface area contributed by atoms with Gasteiger partial charge in [0.05, 0.1) is 20.3 Å². The van der Waals surface area contributed by atoms with E-state index in [0.717, 1.165) is 11.3 Å². The van der Waals surface area contributed by atoms with Crippen LogP contribution < -0.4 is 4.74 Å². The number of benzene rings is 1. The normalized spacial score (nSPS) is 8.73. The first-order valence-electron chi connectivity index (χ1n) is 5.18. The molecule has 1 aromatic rings. The fourth-order valence-corrected chi connectivity index (χ4v) is 0.982. The lowest BCUT2D eigenvalue weighted by molar-refractivity contribution is 0.149. The number of hydrogen-bond acceptors (Lipinski definition) is 2. The van der Waals surface area contributed by atoms with Crippen LogP contribution in [-0.4, -0.2) is 13.7 Å². The molecule has 0 N–H and O–H groups in total. The number of ether oxygens (including phenoxy) is 2. The van der Waals surface area contributed by atoms with Crippen LogP contribution in [0.4, 0.5) is 0 Å². The molecule has 0 atom stereocenters. The van der Waals surface area contributed by atoms with Crippen LogP contribution in [0.2, 0.25) is 0 Å². The maximum atomic E-state index is 5.28. The SMILES string of the molecule is C=CCOCc1ccc(OC)cc1.CC. The molecule has 0 amide bonds. The predicted octanol–water partition coefficient (Wildman–Crippen LogP) is 3.42. The summed E-state index contributed by atoms with van der Waals surface area (Å²) in [5, 5.41) is 0. The second-order valence-corrected chi connectivity index (χ2v) is 2.65. The smallest absolute Gasteiger partial charge is 0.118 e. The lowest BCUT2D eigenvalue weighted by Gasteiger charge is -2.03. The molecule has 0 aliphatic heterocycles. The summed E-state index contributed by atoms with van der Waals surface area (Å²) in [6.45, 7) is 8.78. The standard InChI is InChI=1S/C11H14O2.C2H6/c1-3-8-13-9-10-4-6-11(12-2)7-5-10;1-2/h3-7H,1,8-9H2,2H3;1-2H3. The Morgan fingerprint density at radius 1 is 1.20 bits per heavy atom. The topological polar surface area (TPSA) is 18.5 Å². The largest absolute Gasteiger partial charge is 0.497 e. The van der Waals surface area contributed by atoms with E-state index in [9.17, 15) is 0 Å². The average molecular weight is 208 g/mol. The molecule has 1 rings (SSSR count). The Morgan fingerprint density at radius 3 is 2.27 bits per heavy atom. The number of methoxy groups -OCH3 is 1.